The van der Waals surface area contributed by atoms with Crippen molar-refractivity contribution in [3.8, 4) is 21.8 Å². The number of aromatic nitrogens is 1. The Hall–Kier alpha value is -2.13. The number of nitrogen functional groups attached to an aromatic ring is 1. The molecule has 0 radical (unpaired) electrons. The Morgan fingerprint density at radius 3 is 2.35 bits per heavy atom. The van der Waals surface area contributed by atoms with E-state index in [0.717, 1.165) is 33.1 Å². The highest BCUT2D eigenvalue weighted by molar-refractivity contribution is 7.13. The van der Waals surface area contributed by atoms with Crippen LogP contribution in [0.2, 0.25) is 0 Å². The molecule has 0 aliphatic carbocycles. The third-order valence-corrected chi connectivity index (χ3v) is 4.26. The van der Waals surface area contributed by atoms with Crippen LogP contribution < -0.4 is 5.73 Å². The zero-order valence-corrected chi connectivity index (χ0v) is 12.4. The average molecular weight is 280 g/mol. The number of anilines is 1. The van der Waals surface area contributed by atoms with Crippen LogP contribution in [0.1, 0.15) is 11.1 Å². The fourth-order valence-corrected chi connectivity index (χ4v) is 2.90. The molecule has 0 amide bonds. The lowest BCUT2D eigenvalue weighted by molar-refractivity contribution is 1.38. The highest BCUT2D eigenvalue weighted by atomic mass is 32.1. The smallest absolute Gasteiger partial charge is 0.124 e. The first kappa shape index (κ1) is 12.9. The Kier molecular flexibility index (Phi) is 3.28. The lowest BCUT2D eigenvalue weighted by Crippen LogP contribution is -1.89. The molecule has 0 saturated heterocycles. The van der Waals surface area contributed by atoms with Crippen molar-refractivity contribution in [2.45, 2.75) is 13.8 Å². The molecule has 0 saturated carbocycles. The first-order chi connectivity index (χ1) is 9.63. The third-order valence-electron chi connectivity index (χ3n) is 3.37. The molecule has 3 rings (SSSR count). The lowest BCUT2D eigenvalue weighted by atomic mass is 10.1. The maximum Gasteiger partial charge on any atom is 0.124 e. The molecule has 1 heterocycles. The van der Waals surface area contributed by atoms with E-state index in [1.54, 1.807) is 11.3 Å². The van der Waals surface area contributed by atoms with Gasteiger partial charge < -0.3 is 5.73 Å². The number of thiazole rings is 1. The highest BCUT2D eigenvalue weighted by Gasteiger charge is 2.07. The van der Waals surface area contributed by atoms with E-state index >= 15 is 0 Å². The molecule has 2 nitrogen and oxygen atoms in total. The van der Waals surface area contributed by atoms with Crippen LogP contribution in [0.5, 0.6) is 0 Å². The Labute approximate surface area is 122 Å². The molecule has 1 aromatic heterocycles. The van der Waals surface area contributed by atoms with Crippen molar-refractivity contribution in [2.75, 3.05) is 5.73 Å². The van der Waals surface area contributed by atoms with E-state index in [1.807, 2.05) is 19.1 Å². The van der Waals surface area contributed by atoms with Gasteiger partial charge in [0.15, 0.2) is 0 Å². The number of hydrogen-bond donors (Lipinski definition) is 1. The predicted molar refractivity (Wildman–Crippen MR) is 86.9 cm³/mol. The van der Waals surface area contributed by atoms with Crippen molar-refractivity contribution in [3.63, 3.8) is 0 Å². The molecule has 0 bridgehead atoms. The summed E-state index contributed by atoms with van der Waals surface area (Å²) in [6, 6.07) is 14.5. The fourth-order valence-electron chi connectivity index (χ4n) is 2.07. The number of nitrogens with two attached hydrogens (primary N) is 1. The van der Waals surface area contributed by atoms with Crippen LogP contribution >= 0.6 is 11.3 Å². The van der Waals surface area contributed by atoms with Crippen LogP contribution in [0.25, 0.3) is 21.8 Å². The van der Waals surface area contributed by atoms with Gasteiger partial charge in [-0.15, -0.1) is 11.3 Å². The van der Waals surface area contributed by atoms with Gasteiger partial charge in [-0.1, -0.05) is 29.8 Å². The van der Waals surface area contributed by atoms with Crippen molar-refractivity contribution in [3.05, 3.63) is 59.0 Å². The Morgan fingerprint density at radius 2 is 1.65 bits per heavy atom. The standard InChI is InChI=1S/C17H16N2S/c1-11-3-5-13(6-4-11)16-10-20-17(19-16)14-7-8-15(18)12(2)9-14/h3-10H,18H2,1-2H3. The van der Waals surface area contributed by atoms with Crippen molar-refractivity contribution in [1.82, 2.24) is 4.98 Å². The average Bonchev–Trinajstić information content (AvgIpc) is 2.92. The second-order valence-corrected chi connectivity index (χ2v) is 5.83. The van der Waals surface area contributed by atoms with E-state index < -0.39 is 0 Å². The fraction of sp³-hybridized carbons (Fsp3) is 0.118. The van der Waals surface area contributed by atoms with Gasteiger partial charge in [0.2, 0.25) is 0 Å². The van der Waals surface area contributed by atoms with E-state index in [4.69, 9.17) is 10.7 Å². The number of hydrogen-bond acceptors (Lipinski definition) is 3. The zero-order chi connectivity index (χ0) is 14.1. The Bertz CT molecular complexity index is 742. The molecule has 0 fully saturated rings. The van der Waals surface area contributed by atoms with Crippen molar-refractivity contribution < 1.29 is 0 Å². The summed E-state index contributed by atoms with van der Waals surface area (Å²) in [7, 11) is 0. The molecule has 100 valence electrons. The van der Waals surface area contributed by atoms with Crippen molar-refractivity contribution >= 4 is 17.0 Å². The second kappa shape index (κ2) is 5.10. The van der Waals surface area contributed by atoms with Crippen molar-refractivity contribution in [2.24, 2.45) is 0 Å². The second-order valence-electron chi connectivity index (χ2n) is 4.98. The van der Waals surface area contributed by atoms with Crippen LogP contribution in [0.3, 0.4) is 0 Å². The van der Waals surface area contributed by atoms with Gasteiger partial charge in [0.25, 0.3) is 0 Å². The quantitative estimate of drug-likeness (QED) is 0.692. The monoisotopic (exact) mass is 280 g/mol. The lowest BCUT2D eigenvalue weighted by Gasteiger charge is -2.02. The molecule has 2 N–H and O–H groups in total. The van der Waals surface area contributed by atoms with Gasteiger partial charge in [-0.3, -0.25) is 0 Å². The normalized spacial score (nSPS) is 10.7. The van der Waals surface area contributed by atoms with E-state index in [9.17, 15) is 0 Å². The van der Waals surface area contributed by atoms with Gasteiger partial charge in [-0.2, -0.15) is 0 Å². The Balaban J connectivity index is 1.97. The highest BCUT2D eigenvalue weighted by Crippen LogP contribution is 2.30. The largest absolute Gasteiger partial charge is 0.399 e. The molecule has 20 heavy (non-hydrogen) atoms. The van der Waals surface area contributed by atoms with Gasteiger partial charge in [-0.05, 0) is 37.6 Å². The number of benzene rings is 2. The minimum atomic E-state index is 0.823. The first-order valence-corrected chi connectivity index (χ1v) is 7.40. The molecule has 0 unspecified atom stereocenters. The summed E-state index contributed by atoms with van der Waals surface area (Å²) in [5.41, 5.74) is 12.3. The molecular weight excluding hydrogens is 264 g/mol. The predicted octanol–water partition coefficient (Wildman–Crippen LogP) is 4.68. The van der Waals surface area contributed by atoms with Gasteiger partial charge in [0, 0.05) is 22.2 Å². The van der Waals surface area contributed by atoms with Gasteiger partial charge in [-0.25, -0.2) is 4.98 Å². The topological polar surface area (TPSA) is 38.9 Å². The van der Waals surface area contributed by atoms with E-state index in [0.29, 0.717) is 0 Å². The summed E-state index contributed by atoms with van der Waals surface area (Å²) in [6.07, 6.45) is 0. The van der Waals surface area contributed by atoms with E-state index in [2.05, 4.69) is 42.6 Å². The minimum Gasteiger partial charge on any atom is -0.399 e. The summed E-state index contributed by atoms with van der Waals surface area (Å²) in [6.45, 7) is 4.11. The Morgan fingerprint density at radius 1 is 0.950 bits per heavy atom. The molecule has 0 spiro atoms. The molecule has 0 atom stereocenters. The summed E-state index contributed by atoms with van der Waals surface area (Å²) in [5.74, 6) is 0. The first-order valence-electron chi connectivity index (χ1n) is 6.52. The number of aryl methyl sites for hydroxylation is 2. The summed E-state index contributed by atoms with van der Waals surface area (Å²) in [5, 5.41) is 3.13. The molecule has 0 aliphatic heterocycles. The summed E-state index contributed by atoms with van der Waals surface area (Å²) >= 11 is 1.66. The van der Waals surface area contributed by atoms with E-state index in [-0.39, 0.29) is 0 Å². The maximum atomic E-state index is 5.86. The molecule has 0 aliphatic rings. The van der Waals surface area contributed by atoms with Gasteiger partial charge >= 0.3 is 0 Å². The SMILES string of the molecule is Cc1ccc(-c2csc(-c3ccc(N)c(C)c3)n2)cc1. The zero-order valence-electron chi connectivity index (χ0n) is 11.6. The van der Waals surface area contributed by atoms with Crippen LogP contribution in [0, 0.1) is 13.8 Å². The third kappa shape index (κ3) is 2.45. The molecule has 3 aromatic rings. The molecule has 2 aromatic carbocycles. The van der Waals surface area contributed by atoms with Gasteiger partial charge in [0.1, 0.15) is 5.01 Å². The van der Waals surface area contributed by atoms with Crippen molar-refractivity contribution in [1.29, 1.82) is 0 Å². The van der Waals surface area contributed by atoms with Crippen LogP contribution in [0.15, 0.2) is 47.8 Å². The van der Waals surface area contributed by atoms with E-state index in [1.165, 1.54) is 5.56 Å². The van der Waals surface area contributed by atoms with Crippen LogP contribution in [-0.4, -0.2) is 4.98 Å². The molecular formula is C17H16N2S. The molecule has 3 heteroatoms. The maximum absolute atomic E-state index is 5.86. The van der Waals surface area contributed by atoms with Crippen LogP contribution in [-0.2, 0) is 0 Å². The summed E-state index contributed by atoms with van der Waals surface area (Å²) < 4.78 is 0. The van der Waals surface area contributed by atoms with Crippen LogP contribution in [0.4, 0.5) is 5.69 Å². The number of rotatable bonds is 2. The minimum absolute atomic E-state index is 0.823. The number of nitrogens with zero attached hydrogens (tertiary/aromatic N) is 1. The van der Waals surface area contributed by atoms with Gasteiger partial charge in [0.05, 0.1) is 5.69 Å². The summed E-state index contributed by atoms with van der Waals surface area (Å²) in [4.78, 5) is 4.73.